The molecule has 3 N–H and O–H groups in total. The van der Waals surface area contributed by atoms with Crippen LogP contribution in [0.4, 0.5) is 10.1 Å². The highest BCUT2D eigenvalue weighted by Gasteiger charge is 2.71. The van der Waals surface area contributed by atoms with Gasteiger partial charge in [-0.3, -0.25) is 0 Å². The number of furan rings is 1. The van der Waals surface area contributed by atoms with Crippen LogP contribution in [0.2, 0.25) is 0 Å². The SMILES string of the molecule is C[C@]12CC(=CN)C(=Nc3ccc(F)cc3)C=C1CC[C@@H]1C2C(O)C[C@@]2(C)C1CC[C@]2(OC(=O)c1ccco1)C(=O)OCC#N. The Morgan fingerprint density at radius 1 is 1.25 bits per heavy atom. The fourth-order valence-electron chi connectivity index (χ4n) is 8.94. The van der Waals surface area contributed by atoms with E-state index in [0.717, 1.165) is 24.1 Å². The third kappa shape index (κ3) is 4.56. The molecule has 0 spiro atoms. The van der Waals surface area contributed by atoms with E-state index in [9.17, 15) is 19.1 Å². The van der Waals surface area contributed by atoms with Crippen LogP contribution < -0.4 is 5.73 Å². The molecule has 10 heteroatoms. The van der Waals surface area contributed by atoms with Gasteiger partial charge in [-0.2, -0.15) is 5.26 Å². The van der Waals surface area contributed by atoms with Gasteiger partial charge in [0.2, 0.25) is 11.4 Å². The van der Waals surface area contributed by atoms with Crippen molar-refractivity contribution in [2.75, 3.05) is 6.61 Å². The second-order valence-electron chi connectivity index (χ2n) is 12.9. The molecule has 0 radical (unpaired) electrons. The van der Waals surface area contributed by atoms with Crippen molar-refractivity contribution in [2.45, 2.75) is 64.1 Å². The van der Waals surface area contributed by atoms with Crippen molar-refractivity contribution in [1.82, 2.24) is 0 Å². The molecule has 230 valence electrons. The topological polar surface area (TPSA) is 148 Å². The van der Waals surface area contributed by atoms with Crippen LogP contribution in [0.5, 0.6) is 0 Å². The Hall–Kier alpha value is -4.23. The number of allylic oxidation sites excluding steroid dienone is 3. The molecule has 3 fully saturated rings. The van der Waals surface area contributed by atoms with Gasteiger partial charge < -0.3 is 24.7 Å². The molecule has 1 heterocycles. The molecule has 0 amide bonds. The maximum atomic E-state index is 13.7. The number of ether oxygens (including phenoxy) is 2. The summed E-state index contributed by atoms with van der Waals surface area (Å²) in [6.45, 7) is 3.59. The van der Waals surface area contributed by atoms with E-state index < -0.39 is 41.1 Å². The van der Waals surface area contributed by atoms with E-state index in [2.05, 4.69) is 13.0 Å². The number of aliphatic imine (C=N–C) groups is 1. The summed E-state index contributed by atoms with van der Waals surface area (Å²) in [5.74, 6) is -2.12. The van der Waals surface area contributed by atoms with E-state index in [1.165, 1.54) is 30.0 Å². The number of nitriles is 1. The van der Waals surface area contributed by atoms with Crippen LogP contribution in [0.1, 0.15) is 62.9 Å². The monoisotopic (exact) mass is 601 g/mol. The molecular formula is C34H36FN3O6. The Morgan fingerprint density at radius 3 is 2.70 bits per heavy atom. The Bertz CT molecular complexity index is 1590. The maximum Gasteiger partial charge on any atom is 0.375 e. The molecular weight excluding hydrogens is 565 g/mol. The minimum Gasteiger partial charge on any atom is -0.457 e. The van der Waals surface area contributed by atoms with Gasteiger partial charge in [0, 0.05) is 5.41 Å². The van der Waals surface area contributed by atoms with Crippen molar-refractivity contribution in [3.63, 3.8) is 0 Å². The highest BCUT2D eigenvalue weighted by molar-refractivity contribution is 6.11. The number of hydrogen-bond acceptors (Lipinski definition) is 9. The molecule has 0 bridgehead atoms. The zero-order valence-corrected chi connectivity index (χ0v) is 24.8. The van der Waals surface area contributed by atoms with Crippen molar-refractivity contribution in [3.8, 4) is 6.07 Å². The van der Waals surface area contributed by atoms with Crippen LogP contribution in [-0.4, -0.2) is 41.1 Å². The van der Waals surface area contributed by atoms with Gasteiger partial charge in [0.25, 0.3) is 0 Å². The lowest BCUT2D eigenvalue weighted by atomic mass is 9.45. The van der Waals surface area contributed by atoms with E-state index in [0.29, 0.717) is 18.5 Å². The standard InChI is InChI=1S/C34H36FN3O6/c1-32-17-20(19-37)26(38-23-8-6-22(35)7-9-23)16-21(32)5-10-24-25-11-12-34(31(41)43-15-13-36,33(25,2)18-27(39)29(24)32)44-30(40)28-4-3-14-42-28/h3-4,6-9,14,16,19,24-25,27,29,39H,5,10-12,15,17-18,37H2,1-2H3/t24-,25?,27?,29?,32-,33-,34-/m0/s1. The number of fused-ring (bicyclic) bond motifs is 5. The first-order chi connectivity index (χ1) is 21.1. The quantitative estimate of drug-likeness (QED) is 0.425. The molecule has 0 aliphatic heterocycles. The normalized spacial score (nSPS) is 36.0. The maximum absolute atomic E-state index is 13.7. The predicted octanol–water partition coefficient (Wildman–Crippen LogP) is 5.54. The summed E-state index contributed by atoms with van der Waals surface area (Å²) >= 11 is 0. The van der Waals surface area contributed by atoms with Gasteiger partial charge in [-0.25, -0.2) is 19.0 Å². The molecule has 4 aliphatic rings. The zero-order valence-electron chi connectivity index (χ0n) is 24.8. The number of rotatable bonds is 5. The molecule has 2 aromatic rings. The second kappa shape index (κ2) is 11.0. The van der Waals surface area contributed by atoms with Gasteiger partial charge in [0.05, 0.1) is 23.8 Å². The van der Waals surface area contributed by atoms with Crippen molar-refractivity contribution in [1.29, 1.82) is 5.26 Å². The first-order valence-electron chi connectivity index (χ1n) is 15.0. The van der Waals surface area contributed by atoms with E-state index in [-0.39, 0.29) is 42.2 Å². The molecule has 3 unspecified atom stereocenters. The number of nitrogens with zero attached hydrogens (tertiary/aromatic N) is 2. The Balaban J connectivity index is 1.35. The number of nitrogens with two attached hydrogens (primary N) is 1. The average molecular weight is 602 g/mol. The average Bonchev–Trinajstić information content (AvgIpc) is 3.64. The molecule has 0 saturated heterocycles. The third-order valence-corrected chi connectivity index (χ3v) is 10.9. The van der Waals surface area contributed by atoms with Crippen LogP contribution in [0, 0.1) is 45.7 Å². The number of halogens is 1. The number of esters is 2. The largest absolute Gasteiger partial charge is 0.457 e. The molecule has 1 aromatic carbocycles. The van der Waals surface area contributed by atoms with Crippen molar-refractivity contribution in [3.05, 3.63) is 77.7 Å². The van der Waals surface area contributed by atoms with Gasteiger partial charge in [-0.15, -0.1) is 0 Å². The van der Waals surface area contributed by atoms with Gasteiger partial charge >= 0.3 is 11.9 Å². The summed E-state index contributed by atoms with van der Waals surface area (Å²) in [6, 6.07) is 10.8. The highest BCUT2D eigenvalue weighted by Crippen LogP contribution is 2.68. The molecule has 3 saturated carbocycles. The lowest BCUT2D eigenvalue weighted by Crippen LogP contribution is -2.63. The number of aliphatic hydroxyl groups is 1. The van der Waals surface area contributed by atoms with Crippen LogP contribution in [0.15, 0.2) is 75.5 Å². The van der Waals surface area contributed by atoms with Crippen LogP contribution in [0.3, 0.4) is 0 Å². The van der Waals surface area contributed by atoms with Crippen LogP contribution in [-0.2, 0) is 14.3 Å². The highest BCUT2D eigenvalue weighted by atomic mass is 19.1. The van der Waals surface area contributed by atoms with Crippen LogP contribution in [0.25, 0.3) is 0 Å². The predicted molar refractivity (Wildman–Crippen MR) is 158 cm³/mol. The number of benzene rings is 1. The lowest BCUT2D eigenvalue weighted by molar-refractivity contribution is -0.198. The number of carbonyl (C=O) groups is 2. The summed E-state index contributed by atoms with van der Waals surface area (Å²) in [4.78, 5) is 31.7. The first kappa shape index (κ1) is 29.8. The number of hydrogen-bond donors (Lipinski definition) is 2. The fraction of sp³-hybridized carbons (Fsp3) is 0.471. The van der Waals surface area contributed by atoms with Crippen molar-refractivity contribution >= 4 is 23.3 Å². The number of carbonyl (C=O) groups excluding carboxylic acids is 2. The van der Waals surface area contributed by atoms with Gasteiger partial charge in [0.15, 0.2) is 6.61 Å². The summed E-state index contributed by atoms with van der Waals surface area (Å²) in [7, 11) is 0. The van der Waals surface area contributed by atoms with Crippen molar-refractivity contribution in [2.24, 2.45) is 39.3 Å². The minimum absolute atomic E-state index is 0.0217. The smallest absolute Gasteiger partial charge is 0.375 e. The summed E-state index contributed by atoms with van der Waals surface area (Å²) in [5.41, 5.74) is 6.44. The molecule has 9 nitrogen and oxygen atoms in total. The summed E-state index contributed by atoms with van der Waals surface area (Å²) in [5, 5.41) is 21.1. The molecule has 4 aliphatic carbocycles. The van der Waals surface area contributed by atoms with E-state index in [1.54, 1.807) is 24.4 Å². The fourth-order valence-corrected chi connectivity index (χ4v) is 8.94. The lowest BCUT2D eigenvalue weighted by Gasteiger charge is -2.60. The molecule has 1 aromatic heterocycles. The molecule has 7 atom stereocenters. The van der Waals surface area contributed by atoms with Gasteiger partial charge in [-0.05, 0) is 116 Å². The summed E-state index contributed by atoms with van der Waals surface area (Å²) < 4.78 is 30.1. The van der Waals surface area contributed by atoms with Crippen LogP contribution >= 0.6 is 0 Å². The number of aliphatic hydroxyl groups excluding tert-OH is 1. The second-order valence-corrected chi connectivity index (χ2v) is 12.9. The Kier molecular flexibility index (Phi) is 7.49. The summed E-state index contributed by atoms with van der Waals surface area (Å²) in [6.07, 6.45) is 7.24. The minimum atomic E-state index is -1.69. The Morgan fingerprint density at radius 2 is 2.02 bits per heavy atom. The third-order valence-electron chi connectivity index (χ3n) is 10.9. The van der Waals surface area contributed by atoms with Gasteiger partial charge in [-0.1, -0.05) is 19.4 Å². The van der Waals surface area contributed by atoms with E-state index >= 15 is 0 Å². The first-order valence-corrected chi connectivity index (χ1v) is 15.0. The van der Waals surface area contributed by atoms with Gasteiger partial charge in [0.1, 0.15) is 11.9 Å². The molecule has 6 rings (SSSR count). The van der Waals surface area contributed by atoms with E-state index in [1.807, 2.05) is 13.0 Å². The molecule has 44 heavy (non-hydrogen) atoms. The van der Waals surface area contributed by atoms with Crippen molar-refractivity contribution < 1.29 is 33.0 Å². The van der Waals surface area contributed by atoms with E-state index in [4.69, 9.17) is 29.9 Å². The Labute approximate surface area is 255 Å². The zero-order chi connectivity index (χ0) is 31.3.